The number of aliphatic hydroxyl groups excluding tert-OH is 1. The van der Waals surface area contributed by atoms with Gasteiger partial charge in [-0.3, -0.25) is 9.59 Å². The molecule has 0 saturated carbocycles. The third-order valence-electron chi connectivity index (χ3n) is 6.31. The monoisotopic (exact) mass is 443 g/mol. The number of β-amino-alcohol motifs (C(OH)–C–C–N with tert-alkyl or cyclic N) is 1. The zero-order chi connectivity index (χ0) is 22.9. The summed E-state index contributed by atoms with van der Waals surface area (Å²) in [6.45, 7) is 12.0. The average Bonchev–Trinajstić information content (AvgIpc) is 3.31. The van der Waals surface area contributed by atoms with E-state index in [1.165, 1.54) is 0 Å². The van der Waals surface area contributed by atoms with Crippen molar-refractivity contribution in [3.8, 4) is 10.4 Å². The number of likely N-dealkylation sites (tertiary alicyclic amines) is 1. The molecule has 6 nitrogen and oxygen atoms in total. The van der Waals surface area contributed by atoms with E-state index in [-0.39, 0.29) is 42.2 Å². The van der Waals surface area contributed by atoms with Crippen molar-refractivity contribution in [3.05, 3.63) is 41.0 Å². The number of hydrogen-bond donors (Lipinski definition) is 2. The van der Waals surface area contributed by atoms with Crippen LogP contribution in [0.25, 0.3) is 10.4 Å². The fourth-order valence-electron chi connectivity index (χ4n) is 3.82. The molecule has 7 heteroatoms. The van der Waals surface area contributed by atoms with Crippen molar-refractivity contribution < 1.29 is 14.7 Å². The second kappa shape index (κ2) is 9.09. The summed E-state index contributed by atoms with van der Waals surface area (Å²) < 4.78 is 0. The zero-order valence-corrected chi connectivity index (χ0v) is 20.0. The van der Waals surface area contributed by atoms with Gasteiger partial charge in [0.15, 0.2) is 0 Å². The van der Waals surface area contributed by atoms with Crippen molar-refractivity contribution in [3.63, 3.8) is 0 Å². The molecule has 0 aliphatic carbocycles. The summed E-state index contributed by atoms with van der Waals surface area (Å²) in [5.74, 6) is -0.546. The van der Waals surface area contributed by atoms with Gasteiger partial charge in [0.25, 0.3) is 0 Å². The Kier molecular flexibility index (Phi) is 6.86. The molecule has 1 saturated heterocycles. The summed E-state index contributed by atoms with van der Waals surface area (Å²) in [6.07, 6.45) is -0.408. The number of amides is 2. The minimum absolute atomic E-state index is 0.0823. The highest BCUT2D eigenvalue weighted by molar-refractivity contribution is 7.13. The lowest BCUT2D eigenvalue weighted by molar-refractivity contribution is -0.144. The highest BCUT2D eigenvalue weighted by atomic mass is 32.1. The van der Waals surface area contributed by atoms with Gasteiger partial charge in [-0.15, -0.1) is 11.3 Å². The third kappa shape index (κ3) is 5.15. The van der Waals surface area contributed by atoms with Gasteiger partial charge in [0.1, 0.15) is 6.04 Å². The second-order valence-electron chi connectivity index (χ2n) is 9.60. The molecule has 0 bridgehead atoms. The number of carbonyl (C=O) groups is 2. The number of aryl methyl sites for hydroxylation is 1. The quantitative estimate of drug-likeness (QED) is 0.733. The SMILES string of the molecule is Cc1ncsc1-c1ccc([C@@H](C)NC(=O)[C@@H]2C[C@@H](O)CN2C(=O)[C@H](C)C(C)(C)C)cc1. The summed E-state index contributed by atoms with van der Waals surface area (Å²) in [4.78, 5) is 33.0. The molecular formula is C24H33N3O3S. The molecule has 0 spiro atoms. The van der Waals surface area contributed by atoms with Crippen LogP contribution < -0.4 is 5.32 Å². The Hall–Kier alpha value is -2.25. The lowest BCUT2D eigenvalue weighted by Gasteiger charge is -2.33. The van der Waals surface area contributed by atoms with Gasteiger partial charge in [0.2, 0.25) is 11.8 Å². The van der Waals surface area contributed by atoms with E-state index < -0.39 is 12.1 Å². The van der Waals surface area contributed by atoms with Gasteiger partial charge in [-0.1, -0.05) is 52.0 Å². The van der Waals surface area contributed by atoms with E-state index in [1.807, 2.05) is 71.3 Å². The normalized spacial score (nSPS) is 21.1. The molecule has 1 aliphatic heterocycles. The molecule has 3 rings (SSSR count). The molecule has 0 radical (unpaired) electrons. The summed E-state index contributed by atoms with van der Waals surface area (Å²) in [6, 6.07) is 7.24. The first-order chi connectivity index (χ1) is 14.5. The fraction of sp³-hybridized carbons (Fsp3) is 0.542. The van der Waals surface area contributed by atoms with Crippen LogP contribution in [0.4, 0.5) is 0 Å². The van der Waals surface area contributed by atoms with Crippen molar-refractivity contribution in [1.29, 1.82) is 0 Å². The lowest BCUT2D eigenvalue weighted by atomic mass is 9.81. The van der Waals surface area contributed by atoms with Crippen LogP contribution in [0.5, 0.6) is 0 Å². The van der Waals surface area contributed by atoms with Gasteiger partial charge < -0.3 is 15.3 Å². The number of nitrogens with one attached hydrogen (secondary N) is 1. The van der Waals surface area contributed by atoms with Crippen molar-refractivity contribution in [2.45, 2.75) is 66.2 Å². The molecule has 2 aromatic rings. The van der Waals surface area contributed by atoms with Crippen LogP contribution in [0, 0.1) is 18.3 Å². The molecule has 4 atom stereocenters. The van der Waals surface area contributed by atoms with Gasteiger partial charge in [0, 0.05) is 18.9 Å². The zero-order valence-electron chi connectivity index (χ0n) is 19.2. The van der Waals surface area contributed by atoms with Gasteiger partial charge >= 0.3 is 0 Å². The van der Waals surface area contributed by atoms with E-state index in [9.17, 15) is 14.7 Å². The Labute approximate surface area is 188 Å². The highest BCUT2D eigenvalue weighted by Crippen LogP contribution is 2.31. The topological polar surface area (TPSA) is 82.5 Å². The van der Waals surface area contributed by atoms with Crippen LogP contribution in [0.2, 0.25) is 0 Å². The number of aromatic nitrogens is 1. The summed E-state index contributed by atoms with van der Waals surface area (Å²) in [5, 5.41) is 13.2. The van der Waals surface area contributed by atoms with Crippen LogP contribution in [0.3, 0.4) is 0 Å². The molecule has 1 aromatic heterocycles. The molecule has 31 heavy (non-hydrogen) atoms. The molecular weight excluding hydrogens is 410 g/mol. The average molecular weight is 444 g/mol. The van der Waals surface area contributed by atoms with E-state index in [0.717, 1.165) is 21.7 Å². The minimum atomic E-state index is -0.677. The first-order valence-corrected chi connectivity index (χ1v) is 11.7. The van der Waals surface area contributed by atoms with E-state index in [2.05, 4.69) is 10.3 Å². The maximum Gasteiger partial charge on any atom is 0.243 e. The molecule has 2 N–H and O–H groups in total. The van der Waals surface area contributed by atoms with Crippen molar-refractivity contribution in [2.75, 3.05) is 6.54 Å². The van der Waals surface area contributed by atoms with E-state index in [1.54, 1.807) is 16.2 Å². The fourth-order valence-corrected chi connectivity index (χ4v) is 4.63. The molecule has 1 aliphatic rings. The van der Waals surface area contributed by atoms with Gasteiger partial charge in [0.05, 0.1) is 28.2 Å². The smallest absolute Gasteiger partial charge is 0.243 e. The molecule has 2 amide bonds. The molecule has 1 fully saturated rings. The number of carbonyl (C=O) groups excluding carboxylic acids is 2. The van der Waals surface area contributed by atoms with Crippen LogP contribution in [0.15, 0.2) is 29.8 Å². The minimum Gasteiger partial charge on any atom is -0.391 e. The molecule has 2 heterocycles. The summed E-state index contributed by atoms with van der Waals surface area (Å²) in [7, 11) is 0. The number of nitrogens with zero attached hydrogens (tertiary/aromatic N) is 2. The Morgan fingerprint density at radius 2 is 1.87 bits per heavy atom. The van der Waals surface area contributed by atoms with Crippen molar-refractivity contribution in [1.82, 2.24) is 15.2 Å². The first kappa shape index (κ1) is 23.4. The van der Waals surface area contributed by atoms with Gasteiger partial charge in [-0.05, 0) is 30.4 Å². The van der Waals surface area contributed by atoms with Gasteiger partial charge in [-0.25, -0.2) is 4.98 Å². The highest BCUT2D eigenvalue weighted by Gasteiger charge is 2.42. The number of benzene rings is 1. The van der Waals surface area contributed by atoms with Crippen LogP contribution in [-0.2, 0) is 9.59 Å². The first-order valence-electron chi connectivity index (χ1n) is 10.8. The van der Waals surface area contributed by atoms with Crippen LogP contribution in [0.1, 0.15) is 58.3 Å². The van der Waals surface area contributed by atoms with Crippen LogP contribution >= 0.6 is 11.3 Å². The number of aliphatic hydroxyl groups is 1. The van der Waals surface area contributed by atoms with E-state index in [0.29, 0.717) is 0 Å². The summed E-state index contributed by atoms with van der Waals surface area (Å²) >= 11 is 1.61. The van der Waals surface area contributed by atoms with Crippen LogP contribution in [-0.4, -0.2) is 45.5 Å². The Balaban J connectivity index is 1.69. The maximum absolute atomic E-state index is 13.0. The lowest BCUT2D eigenvalue weighted by Crippen LogP contribution is -2.49. The second-order valence-corrected chi connectivity index (χ2v) is 10.5. The van der Waals surface area contributed by atoms with Crippen molar-refractivity contribution in [2.24, 2.45) is 11.3 Å². The van der Waals surface area contributed by atoms with E-state index >= 15 is 0 Å². The standard InChI is InChI=1S/C24H33N3O3S/c1-14(24(4,5)6)23(30)27-12-19(28)11-20(27)22(29)26-15(2)17-7-9-18(10-8-17)21-16(3)25-13-31-21/h7-10,13-15,19-20,28H,11-12H2,1-6H3,(H,26,29)/t14-,15+,19+,20-/m0/s1. The predicted molar refractivity (Wildman–Crippen MR) is 124 cm³/mol. The molecule has 168 valence electrons. The molecule has 1 aromatic carbocycles. The predicted octanol–water partition coefficient (Wildman–Crippen LogP) is 3.94. The Bertz CT molecular complexity index is 932. The number of rotatable bonds is 5. The van der Waals surface area contributed by atoms with Gasteiger partial charge in [-0.2, -0.15) is 0 Å². The van der Waals surface area contributed by atoms with E-state index in [4.69, 9.17) is 0 Å². The molecule has 0 unspecified atom stereocenters. The third-order valence-corrected chi connectivity index (χ3v) is 7.29. The Morgan fingerprint density at radius 1 is 1.23 bits per heavy atom. The largest absolute Gasteiger partial charge is 0.391 e. The Morgan fingerprint density at radius 3 is 2.42 bits per heavy atom. The summed E-state index contributed by atoms with van der Waals surface area (Å²) in [5.41, 5.74) is 4.73. The van der Waals surface area contributed by atoms with Crippen molar-refractivity contribution >= 4 is 23.2 Å². The number of hydrogen-bond acceptors (Lipinski definition) is 5. The maximum atomic E-state index is 13.0. The number of thiazole rings is 1.